The Bertz CT molecular complexity index is 967. The van der Waals surface area contributed by atoms with Gasteiger partial charge in [0, 0.05) is 43.1 Å². The molecule has 0 N–H and O–H groups in total. The van der Waals surface area contributed by atoms with Crippen LogP contribution < -0.4 is 21.7 Å². The summed E-state index contributed by atoms with van der Waals surface area (Å²) < 4.78 is 9.32. The van der Waals surface area contributed by atoms with Gasteiger partial charge in [0.1, 0.15) is 11.6 Å². The second-order valence-corrected chi connectivity index (χ2v) is 7.20. The number of aryl methyl sites for hydroxylation is 1. The number of carbonyl (C=O) groups excluding carboxylic acids is 1. The largest absolute Gasteiger partial charge is 1.00 e. The molecular formula is C22H25ClN4O2. The Morgan fingerprint density at radius 2 is 1.79 bits per heavy atom. The number of halogens is 1. The lowest BCUT2D eigenvalue weighted by atomic mass is 10.0. The van der Waals surface area contributed by atoms with Crippen LogP contribution in [0.4, 0.5) is 0 Å². The maximum atomic E-state index is 12.8. The molecule has 0 aliphatic carbocycles. The minimum Gasteiger partial charge on any atom is -1.00 e. The molecular weight excluding hydrogens is 388 g/mol. The molecule has 4 rings (SSSR count). The van der Waals surface area contributed by atoms with E-state index in [4.69, 9.17) is 4.74 Å². The molecule has 2 aromatic heterocycles. The van der Waals surface area contributed by atoms with E-state index in [2.05, 4.69) is 14.8 Å². The van der Waals surface area contributed by atoms with Crippen LogP contribution >= 0.6 is 0 Å². The van der Waals surface area contributed by atoms with Crippen LogP contribution in [-0.4, -0.2) is 27.7 Å². The van der Waals surface area contributed by atoms with Crippen molar-refractivity contribution >= 4 is 5.78 Å². The highest BCUT2D eigenvalue weighted by atomic mass is 35.5. The minimum atomic E-state index is -0.294. The smallest absolute Gasteiger partial charge is 0.230 e. The number of aromatic nitrogens is 4. The fourth-order valence-electron chi connectivity index (χ4n) is 3.68. The maximum absolute atomic E-state index is 12.8. The zero-order chi connectivity index (χ0) is 19.5. The number of ketones is 1. The van der Waals surface area contributed by atoms with Crippen LogP contribution in [-0.2, 0) is 13.0 Å². The Kier molecular flexibility index (Phi) is 6.64. The Balaban J connectivity index is 0.00000240. The van der Waals surface area contributed by atoms with Crippen LogP contribution in [0.15, 0.2) is 48.8 Å². The number of nitrogens with zero attached hydrogens (tertiary/aromatic N) is 4. The first-order valence-electron chi connectivity index (χ1n) is 9.79. The first-order valence-corrected chi connectivity index (χ1v) is 9.79. The number of pyridine rings is 1. The zero-order valence-corrected chi connectivity index (χ0v) is 17.5. The molecule has 0 saturated carbocycles. The van der Waals surface area contributed by atoms with Gasteiger partial charge in [0.15, 0.2) is 18.2 Å². The summed E-state index contributed by atoms with van der Waals surface area (Å²) >= 11 is 0. The number of Topliss-reactive ketones (excluding diaryl/α,β-unsaturated/α-hetero) is 1. The van der Waals surface area contributed by atoms with Gasteiger partial charge >= 0.3 is 0 Å². The Morgan fingerprint density at radius 3 is 2.48 bits per heavy atom. The summed E-state index contributed by atoms with van der Waals surface area (Å²) in [5.74, 6) is 2.80. The van der Waals surface area contributed by atoms with Crippen LogP contribution in [0.3, 0.4) is 0 Å². The molecule has 1 aliphatic heterocycles. The van der Waals surface area contributed by atoms with Crippen molar-refractivity contribution in [2.45, 2.75) is 45.2 Å². The molecule has 1 atom stereocenters. The molecule has 1 unspecified atom stereocenters. The summed E-state index contributed by atoms with van der Waals surface area (Å²) in [6.07, 6.45) is 8.46. The van der Waals surface area contributed by atoms with Crippen LogP contribution in [0.25, 0.3) is 11.4 Å². The third-order valence-electron chi connectivity index (χ3n) is 5.42. The maximum Gasteiger partial charge on any atom is 0.230 e. The molecule has 0 fully saturated rings. The fraction of sp³-hybridized carbons (Fsp3) is 0.364. The van der Waals surface area contributed by atoms with Crippen molar-refractivity contribution in [3.8, 4) is 17.1 Å². The molecule has 7 heteroatoms. The standard InChI is InChI=1S/C22H25N4O2.ClH/c1-16(21(27)17-7-9-19(28-2)10-8-17)25-14-11-18(12-15-25)22-24-23-20-6-4-3-5-13-26(20)22;/h7-12,14-16H,3-6,13H2,1-2H3;1H/q+1;/p-1. The lowest BCUT2D eigenvalue weighted by Crippen LogP contribution is -3.00. The topological polar surface area (TPSA) is 60.9 Å². The highest BCUT2D eigenvalue weighted by Crippen LogP contribution is 2.22. The van der Waals surface area contributed by atoms with Gasteiger partial charge in [0.2, 0.25) is 11.8 Å². The summed E-state index contributed by atoms with van der Waals surface area (Å²) in [6, 6.07) is 11.0. The molecule has 1 aromatic carbocycles. The van der Waals surface area contributed by atoms with Crippen molar-refractivity contribution in [2.75, 3.05) is 7.11 Å². The summed E-state index contributed by atoms with van der Waals surface area (Å²) in [4.78, 5) is 12.8. The summed E-state index contributed by atoms with van der Waals surface area (Å²) in [6.45, 7) is 2.88. The Hall–Kier alpha value is -2.73. The fourth-order valence-corrected chi connectivity index (χ4v) is 3.68. The summed E-state index contributed by atoms with van der Waals surface area (Å²) in [5.41, 5.74) is 1.70. The third kappa shape index (κ3) is 4.32. The molecule has 3 heterocycles. The highest BCUT2D eigenvalue weighted by Gasteiger charge is 2.24. The van der Waals surface area contributed by atoms with E-state index in [1.165, 1.54) is 12.8 Å². The van der Waals surface area contributed by atoms with Crippen molar-refractivity contribution in [3.05, 3.63) is 60.2 Å². The molecule has 1 aliphatic rings. The van der Waals surface area contributed by atoms with E-state index in [1.807, 2.05) is 48.1 Å². The van der Waals surface area contributed by atoms with E-state index in [0.717, 1.165) is 42.3 Å². The summed E-state index contributed by atoms with van der Waals surface area (Å²) in [7, 11) is 1.62. The molecule has 0 spiro atoms. The van der Waals surface area contributed by atoms with Crippen molar-refractivity contribution in [3.63, 3.8) is 0 Å². The molecule has 152 valence electrons. The van der Waals surface area contributed by atoms with Gasteiger partial charge in [-0.15, -0.1) is 10.2 Å². The number of methoxy groups -OCH3 is 1. The number of carbonyl (C=O) groups is 1. The number of hydrogen-bond donors (Lipinski definition) is 0. The third-order valence-corrected chi connectivity index (χ3v) is 5.42. The molecule has 0 bridgehead atoms. The van der Waals surface area contributed by atoms with E-state index < -0.39 is 0 Å². The molecule has 0 amide bonds. The van der Waals surface area contributed by atoms with Crippen molar-refractivity contribution < 1.29 is 26.5 Å². The average molecular weight is 413 g/mol. The first kappa shape index (κ1) is 21.0. The Morgan fingerprint density at radius 1 is 1.07 bits per heavy atom. The normalized spacial score (nSPS) is 14.3. The van der Waals surface area contributed by atoms with E-state index in [-0.39, 0.29) is 24.2 Å². The Labute approximate surface area is 177 Å². The number of ether oxygens (including phenoxy) is 1. The molecule has 0 saturated heterocycles. The van der Waals surface area contributed by atoms with Gasteiger partial charge in [-0.3, -0.25) is 4.79 Å². The molecule has 3 aromatic rings. The van der Waals surface area contributed by atoms with E-state index in [0.29, 0.717) is 5.56 Å². The second kappa shape index (κ2) is 9.18. The predicted molar refractivity (Wildman–Crippen MR) is 105 cm³/mol. The van der Waals surface area contributed by atoms with E-state index in [9.17, 15) is 4.79 Å². The highest BCUT2D eigenvalue weighted by molar-refractivity contribution is 5.97. The predicted octanol–water partition coefficient (Wildman–Crippen LogP) is 0.416. The van der Waals surface area contributed by atoms with Crippen LogP contribution in [0.5, 0.6) is 5.75 Å². The number of fused-ring (bicyclic) bond motifs is 1. The van der Waals surface area contributed by atoms with E-state index in [1.54, 1.807) is 19.2 Å². The van der Waals surface area contributed by atoms with Gasteiger partial charge < -0.3 is 21.7 Å². The van der Waals surface area contributed by atoms with Gasteiger partial charge in [-0.1, -0.05) is 6.42 Å². The minimum absolute atomic E-state index is 0. The lowest BCUT2D eigenvalue weighted by Gasteiger charge is -2.09. The molecule has 0 radical (unpaired) electrons. The van der Waals surface area contributed by atoms with Gasteiger partial charge in [-0.05, 0) is 37.1 Å². The van der Waals surface area contributed by atoms with Gasteiger partial charge in [-0.2, -0.15) is 4.57 Å². The quantitative estimate of drug-likeness (QED) is 0.450. The second-order valence-electron chi connectivity index (χ2n) is 7.20. The van der Waals surface area contributed by atoms with Gasteiger partial charge in [0.05, 0.1) is 7.11 Å². The van der Waals surface area contributed by atoms with Crippen LogP contribution in [0, 0.1) is 0 Å². The van der Waals surface area contributed by atoms with E-state index >= 15 is 0 Å². The number of benzene rings is 1. The van der Waals surface area contributed by atoms with Crippen molar-refractivity contribution in [1.82, 2.24) is 14.8 Å². The summed E-state index contributed by atoms with van der Waals surface area (Å²) in [5, 5.41) is 8.78. The number of hydrogen-bond acceptors (Lipinski definition) is 4. The SMILES string of the molecule is COc1ccc(C(=O)C(C)[n+]2ccc(-c3nnc4n3CCCCC4)cc2)cc1.[Cl-]. The molecule has 6 nitrogen and oxygen atoms in total. The van der Waals surface area contributed by atoms with Crippen LogP contribution in [0.1, 0.15) is 48.4 Å². The van der Waals surface area contributed by atoms with Gasteiger partial charge in [-0.25, -0.2) is 0 Å². The lowest BCUT2D eigenvalue weighted by molar-refractivity contribution is -0.704. The first-order chi connectivity index (χ1) is 13.7. The van der Waals surface area contributed by atoms with Crippen molar-refractivity contribution in [2.24, 2.45) is 0 Å². The molecule has 29 heavy (non-hydrogen) atoms. The zero-order valence-electron chi connectivity index (χ0n) is 16.7. The average Bonchev–Trinajstić information content (AvgIpc) is 3.01. The number of rotatable bonds is 5. The van der Waals surface area contributed by atoms with Crippen LogP contribution in [0.2, 0.25) is 0 Å². The van der Waals surface area contributed by atoms with Gasteiger partial charge in [0.25, 0.3) is 0 Å². The monoisotopic (exact) mass is 412 g/mol. The van der Waals surface area contributed by atoms with Crippen molar-refractivity contribution in [1.29, 1.82) is 0 Å².